The Kier molecular flexibility index (Phi) is 5.79. The van der Waals surface area contributed by atoms with Gasteiger partial charge in [0.05, 0.1) is 29.9 Å². The molecule has 0 aliphatic carbocycles. The van der Waals surface area contributed by atoms with Crippen molar-refractivity contribution in [1.29, 1.82) is 0 Å². The molecular formula is C26H27NO4. The van der Waals surface area contributed by atoms with Crippen molar-refractivity contribution < 1.29 is 14.3 Å². The Bertz CT molecular complexity index is 1150. The zero-order valence-electron chi connectivity index (χ0n) is 18.1. The molecule has 1 aliphatic rings. The van der Waals surface area contributed by atoms with Crippen molar-refractivity contribution in [2.75, 3.05) is 6.61 Å². The van der Waals surface area contributed by atoms with Crippen LogP contribution in [0, 0.1) is 0 Å². The largest absolute Gasteiger partial charge is 0.462 e. The number of pyridine rings is 1. The lowest BCUT2D eigenvalue weighted by Gasteiger charge is -2.38. The van der Waals surface area contributed by atoms with Gasteiger partial charge in [0.25, 0.3) is 5.56 Å². The van der Waals surface area contributed by atoms with E-state index in [9.17, 15) is 9.59 Å². The van der Waals surface area contributed by atoms with Crippen LogP contribution in [-0.4, -0.2) is 22.7 Å². The molecule has 0 saturated heterocycles. The van der Waals surface area contributed by atoms with Crippen molar-refractivity contribution in [3.05, 3.63) is 105 Å². The second kappa shape index (κ2) is 8.52. The highest BCUT2D eigenvalue weighted by molar-refractivity contribution is 5.89. The number of hydrogen-bond donors (Lipinski definition) is 0. The number of rotatable bonds is 5. The number of aromatic nitrogens is 1. The summed E-state index contributed by atoms with van der Waals surface area (Å²) >= 11 is 0. The maximum Gasteiger partial charge on any atom is 0.338 e. The minimum Gasteiger partial charge on any atom is -0.462 e. The number of ether oxygens (including phenoxy) is 2. The van der Waals surface area contributed by atoms with E-state index in [1.165, 1.54) is 0 Å². The molecule has 160 valence electrons. The monoisotopic (exact) mass is 417 g/mol. The molecule has 3 aromatic rings. The van der Waals surface area contributed by atoms with Gasteiger partial charge in [-0.1, -0.05) is 36.4 Å². The molecule has 2 aromatic carbocycles. The summed E-state index contributed by atoms with van der Waals surface area (Å²) in [5.74, 6) is -0.372. The lowest BCUT2D eigenvalue weighted by atomic mass is 9.85. The normalized spacial score (nSPS) is 17.1. The lowest BCUT2D eigenvalue weighted by molar-refractivity contribution is -0.0675. The fraction of sp³-hybridized carbons (Fsp3) is 0.308. The molecule has 0 saturated carbocycles. The van der Waals surface area contributed by atoms with E-state index in [0.29, 0.717) is 30.7 Å². The Labute approximate surface area is 182 Å². The quantitative estimate of drug-likeness (QED) is 0.573. The fourth-order valence-electron chi connectivity index (χ4n) is 4.11. The van der Waals surface area contributed by atoms with Gasteiger partial charge in [0, 0.05) is 12.6 Å². The Morgan fingerprint density at radius 3 is 2.61 bits per heavy atom. The van der Waals surface area contributed by atoms with Crippen molar-refractivity contribution >= 4 is 5.97 Å². The van der Waals surface area contributed by atoms with Gasteiger partial charge in [0.15, 0.2) is 0 Å². The van der Waals surface area contributed by atoms with Gasteiger partial charge in [-0.05, 0) is 61.7 Å². The first kappa shape index (κ1) is 21.1. The molecule has 1 atom stereocenters. The fourth-order valence-corrected chi connectivity index (χ4v) is 4.11. The molecule has 0 N–H and O–H groups in total. The molecule has 0 amide bonds. The Morgan fingerprint density at radius 1 is 1.10 bits per heavy atom. The number of hydrogen-bond acceptors (Lipinski definition) is 4. The van der Waals surface area contributed by atoms with Gasteiger partial charge < -0.3 is 14.0 Å². The highest BCUT2D eigenvalue weighted by Gasteiger charge is 2.35. The highest BCUT2D eigenvalue weighted by atomic mass is 16.5. The van der Waals surface area contributed by atoms with Crippen molar-refractivity contribution in [3.8, 4) is 0 Å². The molecule has 31 heavy (non-hydrogen) atoms. The molecule has 0 spiro atoms. The van der Waals surface area contributed by atoms with Crippen LogP contribution in [0.4, 0.5) is 0 Å². The second-order valence-electron chi connectivity index (χ2n) is 8.45. The maximum absolute atomic E-state index is 13.4. The number of benzene rings is 2. The molecule has 5 nitrogen and oxygen atoms in total. The van der Waals surface area contributed by atoms with Crippen LogP contribution in [0.2, 0.25) is 0 Å². The van der Waals surface area contributed by atoms with Crippen molar-refractivity contribution in [2.45, 2.75) is 45.4 Å². The first-order valence-corrected chi connectivity index (χ1v) is 10.6. The van der Waals surface area contributed by atoms with Crippen LogP contribution >= 0.6 is 0 Å². The molecule has 0 fully saturated rings. The first-order chi connectivity index (χ1) is 14.9. The van der Waals surface area contributed by atoms with E-state index in [4.69, 9.17) is 9.47 Å². The van der Waals surface area contributed by atoms with E-state index >= 15 is 0 Å². The van der Waals surface area contributed by atoms with E-state index in [1.54, 1.807) is 29.8 Å². The molecule has 1 unspecified atom stereocenters. The molecule has 4 rings (SSSR count). The van der Waals surface area contributed by atoms with Crippen molar-refractivity contribution in [1.82, 2.24) is 4.57 Å². The van der Waals surface area contributed by atoms with Crippen LogP contribution in [0.15, 0.2) is 71.7 Å². The SMILES string of the molecule is CCOC(=O)c1ccc2c(c1)C(c1cccn(Cc3ccccc3)c1=O)OC(C)(C)C2. The van der Waals surface area contributed by atoms with Crippen molar-refractivity contribution in [3.63, 3.8) is 0 Å². The molecule has 1 aliphatic heterocycles. The molecule has 0 bridgehead atoms. The van der Waals surface area contributed by atoms with Crippen LogP contribution in [0.25, 0.3) is 0 Å². The summed E-state index contributed by atoms with van der Waals surface area (Å²) in [6.45, 7) is 6.62. The molecule has 2 heterocycles. The minimum absolute atomic E-state index is 0.0958. The molecule has 5 heteroatoms. The predicted molar refractivity (Wildman–Crippen MR) is 119 cm³/mol. The van der Waals surface area contributed by atoms with Gasteiger partial charge in [0.2, 0.25) is 0 Å². The minimum atomic E-state index is -0.552. The number of fused-ring (bicyclic) bond motifs is 1. The number of esters is 1. The average molecular weight is 418 g/mol. The van der Waals surface area contributed by atoms with E-state index in [-0.39, 0.29) is 11.5 Å². The van der Waals surface area contributed by atoms with Crippen LogP contribution in [0.5, 0.6) is 0 Å². The standard InChI is InChI=1S/C26H27NO4/c1-4-30-25(29)19-12-13-20-16-26(2,3)31-23(22(20)15-19)21-11-8-14-27(24(21)28)17-18-9-6-5-7-10-18/h5-15,23H,4,16-17H2,1-3H3. The summed E-state index contributed by atoms with van der Waals surface area (Å²) in [6, 6.07) is 19.1. The van der Waals surface area contributed by atoms with Crippen LogP contribution in [0.1, 0.15) is 59.5 Å². The van der Waals surface area contributed by atoms with Crippen molar-refractivity contribution in [2.24, 2.45) is 0 Å². The zero-order chi connectivity index (χ0) is 22.0. The Morgan fingerprint density at radius 2 is 1.87 bits per heavy atom. The second-order valence-corrected chi connectivity index (χ2v) is 8.45. The predicted octanol–water partition coefficient (Wildman–Crippen LogP) is 4.51. The summed E-state index contributed by atoms with van der Waals surface area (Å²) in [7, 11) is 0. The Balaban J connectivity index is 1.77. The third-order valence-corrected chi connectivity index (χ3v) is 5.52. The van der Waals surface area contributed by atoms with E-state index in [0.717, 1.165) is 16.7 Å². The summed E-state index contributed by atoms with van der Waals surface area (Å²) in [6.07, 6.45) is 1.94. The average Bonchev–Trinajstić information content (AvgIpc) is 2.75. The van der Waals surface area contributed by atoms with Crippen LogP contribution < -0.4 is 5.56 Å². The van der Waals surface area contributed by atoms with Gasteiger partial charge >= 0.3 is 5.97 Å². The summed E-state index contributed by atoms with van der Waals surface area (Å²) in [5, 5.41) is 0. The van der Waals surface area contributed by atoms with E-state index in [1.807, 2.05) is 62.4 Å². The van der Waals surface area contributed by atoms with Gasteiger partial charge in [-0.2, -0.15) is 0 Å². The van der Waals surface area contributed by atoms with Crippen LogP contribution in [0.3, 0.4) is 0 Å². The smallest absolute Gasteiger partial charge is 0.338 e. The van der Waals surface area contributed by atoms with Gasteiger partial charge in [-0.25, -0.2) is 4.79 Å². The molecule has 0 radical (unpaired) electrons. The molecular weight excluding hydrogens is 390 g/mol. The van der Waals surface area contributed by atoms with Crippen LogP contribution in [-0.2, 0) is 22.4 Å². The topological polar surface area (TPSA) is 57.5 Å². The number of nitrogens with zero attached hydrogens (tertiary/aromatic N) is 1. The lowest BCUT2D eigenvalue weighted by Crippen LogP contribution is -2.38. The summed E-state index contributed by atoms with van der Waals surface area (Å²) < 4.78 is 13.3. The summed E-state index contributed by atoms with van der Waals surface area (Å²) in [5.41, 5.74) is 3.48. The first-order valence-electron chi connectivity index (χ1n) is 10.6. The third-order valence-electron chi connectivity index (χ3n) is 5.52. The van der Waals surface area contributed by atoms with E-state index in [2.05, 4.69) is 0 Å². The van der Waals surface area contributed by atoms with Gasteiger partial charge in [-0.3, -0.25) is 4.79 Å². The third kappa shape index (κ3) is 4.47. The Hall–Kier alpha value is -3.18. The maximum atomic E-state index is 13.4. The number of carbonyl (C=O) groups excluding carboxylic acids is 1. The van der Waals surface area contributed by atoms with Gasteiger partial charge in [0.1, 0.15) is 6.10 Å². The van der Waals surface area contributed by atoms with Gasteiger partial charge in [-0.15, -0.1) is 0 Å². The summed E-state index contributed by atoms with van der Waals surface area (Å²) in [4.78, 5) is 25.7. The molecule has 1 aromatic heterocycles. The van der Waals surface area contributed by atoms with E-state index < -0.39 is 11.7 Å². The number of carbonyl (C=O) groups is 1. The highest BCUT2D eigenvalue weighted by Crippen LogP contribution is 2.39. The zero-order valence-corrected chi connectivity index (χ0v) is 18.1.